The highest BCUT2D eigenvalue weighted by Crippen LogP contribution is 2.44. The second kappa shape index (κ2) is 13.8. The molecule has 0 unspecified atom stereocenters. The molecule has 0 atom stereocenters. The molecule has 0 aliphatic heterocycles. The average Bonchev–Trinajstić information content (AvgIpc) is 3.68. The van der Waals surface area contributed by atoms with Crippen molar-refractivity contribution in [1.29, 1.82) is 0 Å². The summed E-state index contributed by atoms with van der Waals surface area (Å²) in [7, 11) is 0. The molecule has 0 spiro atoms. The summed E-state index contributed by atoms with van der Waals surface area (Å²) in [5.74, 6) is 0.716. The Morgan fingerprint density at radius 1 is 0.298 bits per heavy atom. The minimum Gasteiger partial charge on any atom is -0.247 e. The van der Waals surface area contributed by atoms with Crippen LogP contribution < -0.4 is 0 Å². The van der Waals surface area contributed by atoms with E-state index in [2.05, 4.69) is 164 Å². The normalized spacial score (nSPS) is 11.5. The summed E-state index contributed by atoms with van der Waals surface area (Å²) in [5, 5.41) is 6.24. The Morgan fingerprint density at radius 2 is 0.807 bits per heavy atom. The van der Waals surface area contributed by atoms with Crippen LogP contribution in [0, 0.1) is 0 Å². The zero-order valence-corrected chi connectivity index (χ0v) is 31.6. The quantitative estimate of drug-likeness (QED) is 0.159. The number of hydrogen-bond acceptors (Lipinski definition) is 4. The Kier molecular flexibility index (Phi) is 8.01. The molecule has 8 aromatic carbocycles. The third kappa shape index (κ3) is 5.95. The first-order chi connectivity index (χ1) is 28.2. The molecular formula is C53H33N3S. The fourth-order valence-electron chi connectivity index (χ4n) is 8.06. The van der Waals surface area contributed by atoms with Crippen molar-refractivity contribution in [1.82, 2.24) is 15.0 Å². The number of benzene rings is 8. The maximum absolute atomic E-state index is 5.37. The predicted octanol–water partition coefficient (Wildman–Crippen LogP) is 14.5. The average molecular weight is 744 g/mol. The standard InChI is InChI=1S/C53H33N3S/c1-4-12-37(13-5-1)45-33-46(56-53(55-45)40-16-8-3-9-17-40)38-26-24-35(25-27-38)34-20-22-36(23-21-34)41-28-29-42-47(32-41)54-52(39-14-6-2-7-15-39)44-30-31-49-51(50(42)44)43-18-10-11-19-48(43)57-49/h1-33H. The first-order valence-electron chi connectivity index (χ1n) is 19.2. The summed E-state index contributed by atoms with van der Waals surface area (Å²) in [5.41, 5.74) is 12.6. The second-order valence-electron chi connectivity index (χ2n) is 14.4. The second-order valence-corrected chi connectivity index (χ2v) is 15.5. The maximum Gasteiger partial charge on any atom is 0.160 e. The molecule has 0 aliphatic carbocycles. The van der Waals surface area contributed by atoms with E-state index in [0.29, 0.717) is 5.82 Å². The van der Waals surface area contributed by atoms with E-state index in [-0.39, 0.29) is 0 Å². The number of nitrogens with zero attached hydrogens (tertiary/aromatic N) is 3. The van der Waals surface area contributed by atoms with Gasteiger partial charge in [-0.1, -0.05) is 176 Å². The lowest BCUT2D eigenvalue weighted by molar-refractivity contribution is 1.18. The summed E-state index contributed by atoms with van der Waals surface area (Å²) in [6.45, 7) is 0. The monoisotopic (exact) mass is 743 g/mol. The number of pyridine rings is 1. The summed E-state index contributed by atoms with van der Waals surface area (Å²) in [6.07, 6.45) is 0. The lowest BCUT2D eigenvalue weighted by Crippen LogP contribution is -1.95. The minimum atomic E-state index is 0.716. The van der Waals surface area contributed by atoms with Crippen LogP contribution in [0.25, 0.3) is 109 Å². The SMILES string of the molecule is c1ccc(-c2cc(-c3ccc(-c4ccc(-c5ccc6c(c5)nc(-c5ccccc5)c5ccc7sc8ccccc8c7c56)cc4)cc3)nc(-c3ccccc3)n2)cc1. The Morgan fingerprint density at radius 3 is 1.47 bits per heavy atom. The molecule has 11 rings (SSSR count). The van der Waals surface area contributed by atoms with Gasteiger partial charge >= 0.3 is 0 Å². The molecular weight excluding hydrogens is 711 g/mol. The summed E-state index contributed by atoms with van der Waals surface area (Å²) < 4.78 is 2.61. The Labute approximate surface area is 334 Å². The van der Waals surface area contributed by atoms with Crippen LogP contribution in [0.4, 0.5) is 0 Å². The van der Waals surface area contributed by atoms with Crippen LogP contribution in [0.3, 0.4) is 0 Å². The number of rotatable bonds is 6. The van der Waals surface area contributed by atoms with Crippen LogP contribution >= 0.6 is 11.3 Å². The highest BCUT2D eigenvalue weighted by Gasteiger charge is 2.17. The van der Waals surface area contributed by atoms with Gasteiger partial charge in [-0.25, -0.2) is 15.0 Å². The summed E-state index contributed by atoms with van der Waals surface area (Å²) >= 11 is 1.86. The van der Waals surface area contributed by atoms with Crippen molar-refractivity contribution in [3.8, 4) is 67.4 Å². The van der Waals surface area contributed by atoms with Gasteiger partial charge in [0.25, 0.3) is 0 Å². The summed E-state index contributed by atoms with van der Waals surface area (Å²) in [4.78, 5) is 15.3. The lowest BCUT2D eigenvalue weighted by atomic mass is 9.94. The highest BCUT2D eigenvalue weighted by atomic mass is 32.1. The fraction of sp³-hybridized carbons (Fsp3) is 0. The molecule has 0 fully saturated rings. The van der Waals surface area contributed by atoms with Gasteiger partial charge in [-0.2, -0.15) is 0 Å². The van der Waals surface area contributed by atoms with E-state index in [0.717, 1.165) is 67.1 Å². The van der Waals surface area contributed by atoms with Crippen LogP contribution in [-0.2, 0) is 0 Å². The molecule has 0 N–H and O–H groups in total. The first-order valence-corrected chi connectivity index (χ1v) is 20.0. The zero-order chi connectivity index (χ0) is 37.7. The molecule has 0 saturated heterocycles. The van der Waals surface area contributed by atoms with Crippen LogP contribution in [0.2, 0.25) is 0 Å². The number of hydrogen-bond donors (Lipinski definition) is 0. The zero-order valence-electron chi connectivity index (χ0n) is 30.8. The van der Waals surface area contributed by atoms with E-state index < -0.39 is 0 Å². The largest absolute Gasteiger partial charge is 0.247 e. The maximum atomic E-state index is 5.37. The fourth-order valence-corrected chi connectivity index (χ4v) is 9.18. The number of thiophene rings is 1. The molecule has 0 radical (unpaired) electrons. The van der Waals surface area contributed by atoms with E-state index in [1.54, 1.807) is 0 Å². The molecule has 11 aromatic rings. The molecule has 3 heterocycles. The Balaban J connectivity index is 0.957. The predicted molar refractivity (Wildman–Crippen MR) is 240 cm³/mol. The van der Waals surface area contributed by atoms with Gasteiger partial charge in [0.1, 0.15) is 0 Å². The van der Waals surface area contributed by atoms with Gasteiger partial charge in [0.05, 0.1) is 22.6 Å². The van der Waals surface area contributed by atoms with Crippen molar-refractivity contribution in [2.45, 2.75) is 0 Å². The van der Waals surface area contributed by atoms with Gasteiger partial charge in [0.2, 0.25) is 0 Å². The molecule has 266 valence electrons. The van der Waals surface area contributed by atoms with Crippen molar-refractivity contribution < 1.29 is 0 Å². The van der Waals surface area contributed by atoms with Crippen LogP contribution in [0.5, 0.6) is 0 Å². The van der Waals surface area contributed by atoms with Gasteiger partial charge in [-0.15, -0.1) is 11.3 Å². The molecule has 3 aromatic heterocycles. The third-order valence-corrected chi connectivity index (χ3v) is 12.0. The number of fused-ring (bicyclic) bond motifs is 7. The van der Waals surface area contributed by atoms with Gasteiger partial charge in [0.15, 0.2) is 5.82 Å². The van der Waals surface area contributed by atoms with Crippen molar-refractivity contribution in [2.75, 3.05) is 0 Å². The third-order valence-electron chi connectivity index (χ3n) is 10.9. The van der Waals surface area contributed by atoms with E-state index in [9.17, 15) is 0 Å². The molecule has 57 heavy (non-hydrogen) atoms. The van der Waals surface area contributed by atoms with Gasteiger partial charge < -0.3 is 0 Å². The highest BCUT2D eigenvalue weighted by molar-refractivity contribution is 7.26. The molecule has 0 amide bonds. The molecule has 3 nitrogen and oxygen atoms in total. The summed E-state index contributed by atoms with van der Waals surface area (Å²) in [6, 6.07) is 70.8. The Bertz CT molecular complexity index is 3190. The van der Waals surface area contributed by atoms with Crippen LogP contribution in [0.15, 0.2) is 200 Å². The van der Waals surface area contributed by atoms with E-state index in [4.69, 9.17) is 15.0 Å². The molecule has 0 saturated carbocycles. The van der Waals surface area contributed by atoms with Gasteiger partial charge in [-0.3, -0.25) is 0 Å². The van der Waals surface area contributed by atoms with E-state index in [1.165, 1.54) is 36.3 Å². The van der Waals surface area contributed by atoms with Gasteiger partial charge in [-0.05, 0) is 46.5 Å². The topological polar surface area (TPSA) is 38.7 Å². The Hall–Kier alpha value is -7.27. The van der Waals surface area contributed by atoms with E-state index in [1.807, 2.05) is 47.7 Å². The van der Waals surface area contributed by atoms with Crippen LogP contribution in [-0.4, -0.2) is 15.0 Å². The van der Waals surface area contributed by atoms with Crippen molar-refractivity contribution in [3.63, 3.8) is 0 Å². The van der Waals surface area contributed by atoms with Crippen molar-refractivity contribution in [3.05, 3.63) is 200 Å². The van der Waals surface area contributed by atoms with Crippen molar-refractivity contribution >= 4 is 53.2 Å². The van der Waals surface area contributed by atoms with Crippen LogP contribution in [0.1, 0.15) is 0 Å². The van der Waals surface area contributed by atoms with Crippen molar-refractivity contribution in [2.24, 2.45) is 0 Å². The molecule has 0 bridgehead atoms. The first kappa shape index (κ1) is 33.1. The van der Waals surface area contributed by atoms with E-state index >= 15 is 0 Å². The minimum absolute atomic E-state index is 0.716. The smallest absolute Gasteiger partial charge is 0.160 e. The molecule has 4 heteroatoms. The lowest BCUT2D eigenvalue weighted by Gasteiger charge is -2.13. The number of aromatic nitrogens is 3. The molecule has 0 aliphatic rings. The van der Waals surface area contributed by atoms with Gasteiger partial charge in [0, 0.05) is 58.6 Å².